The Morgan fingerprint density at radius 3 is 2.35 bits per heavy atom. The highest BCUT2D eigenvalue weighted by molar-refractivity contribution is 7.89. The predicted octanol–water partition coefficient (Wildman–Crippen LogP) is 3.37. The van der Waals surface area contributed by atoms with Gasteiger partial charge in [-0.3, -0.25) is 4.98 Å². The van der Waals surface area contributed by atoms with E-state index in [1.54, 1.807) is 24.5 Å². The molecule has 0 bridgehead atoms. The number of primary sulfonamides is 1. The fourth-order valence-electron chi connectivity index (χ4n) is 2.49. The number of nitrogens with two attached hydrogens (primary N) is 1. The Labute approximate surface area is 135 Å². The first-order valence-corrected chi connectivity index (χ1v) is 8.64. The molecule has 0 amide bonds. The molecule has 0 spiro atoms. The highest BCUT2D eigenvalue weighted by atomic mass is 32.2. The fourth-order valence-corrected chi connectivity index (χ4v) is 3.05. The van der Waals surface area contributed by atoms with Crippen LogP contribution in [0.2, 0.25) is 0 Å². The molecule has 2 N–H and O–H groups in total. The van der Waals surface area contributed by atoms with E-state index in [-0.39, 0.29) is 4.90 Å². The van der Waals surface area contributed by atoms with Gasteiger partial charge in [-0.15, -0.1) is 0 Å². The third-order valence-electron chi connectivity index (χ3n) is 3.69. The van der Waals surface area contributed by atoms with E-state index in [0.717, 1.165) is 27.8 Å². The van der Waals surface area contributed by atoms with Gasteiger partial charge in [-0.1, -0.05) is 36.4 Å². The predicted molar refractivity (Wildman–Crippen MR) is 91.2 cm³/mol. The Bertz CT molecular complexity index is 966. The average Bonchev–Trinajstić information content (AvgIpc) is 2.55. The van der Waals surface area contributed by atoms with Crippen molar-refractivity contribution in [2.75, 3.05) is 0 Å². The number of hydrogen-bond acceptors (Lipinski definition) is 3. The minimum atomic E-state index is -3.72. The lowest BCUT2D eigenvalue weighted by atomic mass is 9.99. The topological polar surface area (TPSA) is 73.0 Å². The Kier molecular flexibility index (Phi) is 3.98. The molecule has 0 aliphatic rings. The first-order chi connectivity index (χ1) is 10.9. The number of benzene rings is 2. The standard InChI is InChI=1S/C18H16N2O2S/c1-13-5-2-3-8-18(13)16-9-15(11-20-12-16)14-6-4-7-17(10-14)23(19,21)22/h2-12H,1H3,(H2,19,21,22). The van der Waals surface area contributed by atoms with E-state index in [1.165, 1.54) is 6.07 Å². The van der Waals surface area contributed by atoms with Crippen molar-refractivity contribution in [1.29, 1.82) is 0 Å². The fraction of sp³-hybridized carbons (Fsp3) is 0.0556. The number of pyridine rings is 1. The molecule has 0 saturated heterocycles. The van der Waals surface area contributed by atoms with Gasteiger partial charge < -0.3 is 0 Å². The van der Waals surface area contributed by atoms with Crippen LogP contribution in [0.3, 0.4) is 0 Å². The number of aryl methyl sites for hydroxylation is 1. The molecule has 5 heteroatoms. The lowest BCUT2D eigenvalue weighted by molar-refractivity contribution is 0.598. The summed E-state index contributed by atoms with van der Waals surface area (Å²) in [5, 5.41) is 5.20. The van der Waals surface area contributed by atoms with Crippen molar-refractivity contribution in [3.63, 3.8) is 0 Å². The van der Waals surface area contributed by atoms with Crippen LogP contribution in [0.5, 0.6) is 0 Å². The molecule has 1 aromatic heterocycles. The van der Waals surface area contributed by atoms with Crippen molar-refractivity contribution in [1.82, 2.24) is 4.98 Å². The SMILES string of the molecule is Cc1ccccc1-c1cncc(-c2cccc(S(N)(=O)=O)c2)c1. The molecule has 3 rings (SSSR count). The lowest BCUT2D eigenvalue weighted by Gasteiger charge is -2.08. The summed E-state index contributed by atoms with van der Waals surface area (Å²) in [6.07, 6.45) is 3.51. The molecule has 2 aromatic carbocycles. The summed E-state index contributed by atoms with van der Waals surface area (Å²) in [5.41, 5.74) is 4.85. The quantitative estimate of drug-likeness (QED) is 0.803. The van der Waals surface area contributed by atoms with Crippen molar-refractivity contribution in [3.05, 3.63) is 72.6 Å². The van der Waals surface area contributed by atoms with Crippen molar-refractivity contribution < 1.29 is 8.42 Å². The van der Waals surface area contributed by atoms with Crippen molar-refractivity contribution >= 4 is 10.0 Å². The Hall–Kier alpha value is -2.50. The molecular formula is C18H16N2O2S. The zero-order valence-corrected chi connectivity index (χ0v) is 13.4. The third-order valence-corrected chi connectivity index (χ3v) is 4.60. The maximum absolute atomic E-state index is 11.5. The van der Waals surface area contributed by atoms with Crippen LogP contribution in [0, 0.1) is 6.92 Å². The number of nitrogens with zero attached hydrogens (tertiary/aromatic N) is 1. The number of rotatable bonds is 3. The van der Waals surface area contributed by atoms with Gasteiger partial charge in [-0.05, 0) is 41.8 Å². The van der Waals surface area contributed by atoms with Crippen molar-refractivity contribution in [3.8, 4) is 22.3 Å². The summed E-state index contributed by atoms with van der Waals surface area (Å²) in [6.45, 7) is 2.05. The second-order valence-corrected chi connectivity index (χ2v) is 6.91. The minimum Gasteiger partial charge on any atom is -0.263 e. The van der Waals surface area contributed by atoms with Crippen molar-refractivity contribution in [2.24, 2.45) is 5.14 Å². The first kappa shape index (κ1) is 15.4. The van der Waals surface area contributed by atoms with Gasteiger partial charge in [-0.2, -0.15) is 0 Å². The van der Waals surface area contributed by atoms with Gasteiger partial charge in [0, 0.05) is 23.5 Å². The van der Waals surface area contributed by atoms with Gasteiger partial charge in [0.1, 0.15) is 0 Å². The third kappa shape index (κ3) is 3.31. The summed E-state index contributed by atoms with van der Waals surface area (Å²) in [5.74, 6) is 0. The Balaban J connectivity index is 2.09. The summed E-state index contributed by atoms with van der Waals surface area (Å²) in [4.78, 5) is 4.38. The smallest absolute Gasteiger partial charge is 0.238 e. The van der Waals surface area contributed by atoms with Gasteiger partial charge in [0.05, 0.1) is 4.90 Å². The number of aromatic nitrogens is 1. The molecule has 1 heterocycles. The molecule has 23 heavy (non-hydrogen) atoms. The van der Waals surface area contributed by atoms with E-state index in [0.29, 0.717) is 0 Å². The average molecular weight is 324 g/mol. The summed E-state index contributed by atoms with van der Waals surface area (Å²) >= 11 is 0. The molecule has 4 nitrogen and oxygen atoms in total. The van der Waals surface area contributed by atoms with Crippen LogP contribution in [-0.4, -0.2) is 13.4 Å². The molecule has 0 saturated carbocycles. The molecule has 0 radical (unpaired) electrons. The second-order valence-electron chi connectivity index (χ2n) is 5.35. The van der Waals surface area contributed by atoms with Gasteiger partial charge in [0.15, 0.2) is 0 Å². The lowest BCUT2D eigenvalue weighted by Crippen LogP contribution is -2.11. The van der Waals surface area contributed by atoms with Gasteiger partial charge in [0.25, 0.3) is 0 Å². The van der Waals surface area contributed by atoms with E-state index in [4.69, 9.17) is 5.14 Å². The summed E-state index contributed by atoms with van der Waals surface area (Å²) in [7, 11) is -3.72. The minimum absolute atomic E-state index is 0.0938. The van der Waals surface area contributed by atoms with Crippen LogP contribution >= 0.6 is 0 Å². The van der Waals surface area contributed by atoms with E-state index in [9.17, 15) is 8.42 Å². The van der Waals surface area contributed by atoms with Crippen LogP contribution in [-0.2, 0) is 10.0 Å². The van der Waals surface area contributed by atoms with E-state index in [1.807, 2.05) is 43.3 Å². The monoisotopic (exact) mass is 324 g/mol. The first-order valence-electron chi connectivity index (χ1n) is 7.09. The van der Waals surface area contributed by atoms with Gasteiger partial charge in [0.2, 0.25) is 10.0 Å². The highest BCUT2D eigenvalue weighted by Gasteiger charge is 2.10. The van der Waals surface area contributed by atoms with Crippen LogP contribution < -0.4 is 5.14 Å². The Morgan fingerprint density at radius 1 is 0.870 bits per heavy atom. The molecule has 3 aromatic rings. The molecule has 116 valence electrons. The summed E-state index contributed by atoms with van der Waals surface area (Å²) < 4.78 is 23.0. The number of sulfonamides is 1. The van der Waals surface area contributed by atoms with Gasteiger partial charge >= 0.3 is 0 Å². The van der Waals surface area contributed by atoms with Crippen molar-refractivity contribution in [2.45, 2.75) is 11.8 Å². The van der Waals surface area contributed by atoms with Crippen LogP contribution in [0.1, 0.15) is 5.56 Å². The maximum Gasteiger partial charge on any atom is 0.238 e. The molecule has 0 fully saturated rings. The Morgan fingerprint density at radius 2 is 1.61 bits per heavy atom. The van der Waals surface area contributed by atoms with Crippen LogP contribution in [0.4, 0.5) is 0 Å². The van der Waals surface area contributed by atoms with E-state index < -0.39 is 10.0 Å². The van der Waals surface area contributed by atoms with Crippen LogP contribution in [0.25, 0.3) is 22.3 Å². The molecule has 0 atom stereocenters. The highest BCUT2D eigenvalue weighted by Crippen LogP contribution is 2.28. The maximum atomic E-state index is 11.5. The zero-order chi connectivity index (χ0) is 16.4. The molecule has 0 aliphatic carbocycles. The number of hydrogen-bond donors (Lipinski definition) is 1. The molecule has 0 aliphatic heterocycles. The van der Waals surface area contributed by atoms with Crippen LogP contribution in [0.15, 0.2) is 71.9 Å². The van der Waals surface area contributed by atoms with E-state index in [2.05, 4.69) is 4.98 Å². The summed E-state index contributed by atoms with van der Waals surface area (Å²) in [6, 6.07) is 16.6. The molecular weight excluding hydrogens is 308 g/mol. The zero-order valence-electron chi connectivity index (χ0n) is 12.6. The normalized spacial score (nSPS) is 11.4. The van der Waals surface area contributed by atoms with E-state index >= 15 is 0 Å². The largest absolute Gasteiger partial charge is 0.263 e. The molecule has 0 unspecified atom stereocenters. The van der Waals surface area contributed by atoms with Gasteiger partial charge in [-0.25, -0.2) is 13.6 Å². The second kappa shape index (κ2) is 5.95.